The van der Waals surface area contributed by atoms with Crippen molar-refractivity contribution < 1.29 is 39.3 Å². The van der Waals surface area contributed by atoms with E-state index in [1.54, 1.807) is 6.92 Å². The highest BCUT2D eigenvalue weighted by Gasteiger charge is 2.15. The van der Waals surface area contributed by atoms with E-state index in [-0.39, 0.29) is 51.0 Å². The molecular formula is C17H27N4O8-3. The fraction of sp³-hybridized carbons (Fsp3) is 0.706. The third kappa shape index (κ3) is 15.1. The average molecular weight is 415 g/mol. The second kappa shape index (κ2) is 14.4. The Hall–Kier alpha value is -2.57. The van der Waals surface area contributed by atoms with Crippen LogP contribution < -0.4 is 20.6 Å². The van der Waals surface area contributed by atoms with Crippen molar-refractivity contribution in [1.82, 2.24) is 20.0 Å². The van der Waals surface area contributed by atoms with Crippen LogP contribution in [0.15, 0.2) is 0 Å². The Balaban J connectivity index is 4.93. The van der Waals surface area contributed by atoms with E-state index in [0.29, 0.717) is 6.54 Å². The number of carbonyl (C=O) groups is 5. The molecule has 0 fully saturated rings. The molecule has 0 heterocycles. The van der Waals surface area contributed by atoms with Crippen molar-refractivity contribution >= 4 is 29.6 Å². The summed E-state index contributed by atoms with van der Waals surface area (Å²) in [5, 5.41) is 35.2. The van der Waals surface area contributed by atoms with Gasteiger partial charge in [-0.25, -0.2) is 0 Å². The van der Waals surface area contributed by atoms with Crippen molar-refractivity contribution in [2.45, 2.75) is 13.8 Å². The van der Waals surface area contributed by atoms with Crippen LogP contribution in [-0.2, 0) is 24.0 Å². The third-order valence-electron chi connectivity index (χ3n) is 3.71. The number of hydrogen-bond acceptors (Lipinski definition) is 11. The lowest BCUT2D eigenvalue weighted by atomic mass is 10.3. The van der Waals surface area contributed by atoms with Gasteiger partial charge in [-0.05, 0) is 13.8 Å². The molecule has 0 aromatic rings. The number of carboxylic acids is 3. The summed E-state index contributed by atoms with van der Waals surface area (Å²) < 4.78 is 0. The molecule has 29 heavy (non-hydrogen) atoms. The van der Waals surface area contributed by atoms with E-state index in [0.717, 1.165) is 0 Å². The molecule has 0 aliphatic carbocycles. The van der Waals surface area contributed by atoms with Crippen LogP contribution in [0, 0.1) is 0 Å². The zero-order valence-corrected chi connectivity index (χ0v) is 16.7. The molecule has 0 unspecified atom stereocenters. The SMILES string of the molecule is CCNC(=O)CN(CCN(CCN(CC(C)=O)CC(=O)[O-])CC(=O)[O-])CC(=O)[O-]. The molecule has 12 nitrogen and oxygen atoms in total. The van der Waals surface area contributed by atoms with E-state index in [1.807, 2.05) is 0 Å². The Bertz CT molecular complexity index is 568. The normalized spacial score (nSPS) is 11.1. The van der Waals surface area contributed by atoms with Crippen LogP contribution in [0.5, 0.6) is 0 Å². The van der Waals surface area contributed by atoms with Gasteiger partial charge in [-0.2, -0.15) is 0 Å². The van der Waals surface area contributed by atoms with E-state index in [1.165, 1.54) is 21.6 Å². The first-order valence-corrected chi connectivity index (χ1v) is 9.06. The third-order valence-corrected chi connectivity index (χ3v) is 3.71. The van der Waals surface area contributed by atoms with Crippen LogP contribution in [0.2, 0.25) is 0 Å². The lowest BCUT2D eigenvalue weighted by molar-refractivity contribution is -0.308. The van der Waals surface area contributed by atoms with Crippen LogP contribution in [0.4, 0.5) is 0 Å². The molecule has 0 aliphatic heterocycles. The molecule has 166 valence electrons. The van der Waals surface area contributed by atoms with Crippen LogP contribution >= 0.6 is 0 Å². The van der Waals surface area contributed by atoms with Gasteiger partial charge in [-0.3, -0.25) is 24.3 Å². The first kappa shape index (κ1) is 26.4. The molecule has 0 saturated carbocycles. The molecule has 0 saturated heterocycles. The van der Waals surface area contributed by atoms with E-state index in [2.05, 4.69) is 5.32 Å². The summed E-state index contributed by atoms with van der Waals surface area (Å²) in [6, 6.07) is 0. The summed E-state index contributed by atoms with van der Waals surface area (Å²) in [4.78, 5) is 59.6. The van der Waals surface area contributed by atoms with Crippen LogP contribution in [0.25, 0.3) is 0 Å². The number of likely N-dealkylation sites (N-methyl/N-ethyl adjacent to an activating group) is 1. The molecule has 0 bridgehead atoms. The Morgan fingerprint density at radius 2 is 1.03 bits per heavy atom. The number of carbonyl (C=O) groups excluding carboxylic acids is 5. The predicted octanol–water partition coefficient (Wildman–Crippen LogP) is -6.13. The average Bonchev–Trinajstić information content (AvgIpc) is 2.55. The minimum atomic E-state index is -1.39. The van der Waals surface area contributed by atoms with E-state index < -0.39 is 37.5 Å². The minimum absolute atomic E-state index is 0.0472. The second-order valence-corrected chi connectivity index (χ2v) is 6.47. The maximum absolute atomic E-state index is 11.7. The minimum Gasteiger partial charge on any atom is -0.549 e. The number of nitrogens with one attached hydrogen (secondary N) is 1. The quantitative estimate of drug-likeness (QED) is 0.239. The van der Waals surface area contributed by atoms with Gasteiger partial charge in [0.25, 0.3) is 0 Å². The largest absolute Gasteiger partial charge is 0.549 e. The summed E-state index contributed by atoms with van der Waals surface area (Å²) in [7, 11) is 0. The van der Waals surface area contributed by atoms with Crippen molar-refractivity contribution in [3.63, 3.8) is 0 Å². The van der Waals surface area contributed by atoms with E-state index in [9.17, 15) is 39.3 Å². The van der Waals surface area contributed by atoms with Gasteiger partial charge < -0.3 is 35.0 Å². The summed E-state index contributed by atoms with van der Waals surface area (Å²) in [6.07, 6.45) is 0. The molecule has 0 spiro atoms. The fourth-order valence-electron chi connectivity index (χ4n) is 2.58. The van der Waals surface area contributed by atoms with Crippen LogP contribution in [-0.4, -0.2) is 110 Å². The molecule has 0 aromatic heterocycles. The summed E-state index contributed by atoms with van der Waals surface area (Å²) in [6.45, 7) is 1.80. The lowest BCUT2D eigenvalue weighted by Gasteiger charge is -2.30. The Kier molecular flexibility index (Phi) is 13.2. The molecule has 0 atom stereocenters. The van der Waals surface area contributed by atoms with Gasteiger partial charge in [0.2, 0.25) is 5.91 Å². The molecule has 0 aromatic carbocycles. The van der Waals surface area contributed by atoms with Crippen LogP contribution in [0.1, 0.15) is 13.8 Å². The smallest absolute Gasteiger partial charge is 0.234 e. The molecule has 0 rings (SSSR count). The van der Waals surface area contributed by atoms with Crippen molar-refractivity contribution in [2.24, 2.45) is 0 Å². The molecular weight excluding hydrogens is 388 g/mol. The molecule has 1 amide bonds. The van der Waals surface area contributed by atoms with Gasteiger partial charge in [0.15, 0.2) is 0 Å². The highest BCUT2D eigenvalue weighted by Crippen LogP contribution is 1.96. The number of amides is 1. The van der Waals surface area contributed by atoms with Gasteiger partial charge in [-0.1, -0.05) is 0 Å². The Morgan fingerprint density at radius 1 is 0.655 bits per heavy atom. The Labute approximate surface area is 169 Å². The number of rotatable bonds is 17. The second-order valence-electron chi connectivity index (χ2n) is 6.47. The van der Waals surface area contributed by atoms with E-state index in [4.69, 9.17) is 0 Å². The van der Waals surface area contributed by atoms with Gasteiger partial charge in [-0.15, -0.1) is 0 Å². The van der Waals surface area contributed by atoms with Crippen LogP contribution in [0.3, 0.4) is 0 Å². The highest BCUT2D eigenvalue weighted by atomic mass is 16.4. The first-order valence-electron chi connectivity index (χ1n) is 9.06. The lowest BCUT2D eigenvalue weighted by Crippen LogP contribution is -2.49. The number of aliphatic carboxylic acids is 3. The van der Waals surface area contributed by atoms with Gasteiger partial charge >= 0.3 is 0 Å². The maximum Gasteiger partial charge on any atom is 0.234 e. The van der Waals surface area contributed by atoms with Gasteiger partial charge in [0.05, 0.1) is 31.0 Å². The summed E-state index contributed by atoms with van der Waals surface area (Å²) >= 11 is 0. The topological polar surface area (TPSA) is 176 Å². The summed E-state index contributed by atoms with van der Waals surface area (Å²) in [5.41, 5.74) is 0. The molecule has 0 radical (unpaired) electrons. The first-order chi connectivity index (χ1) is 13.5. The number of Topliss-reactive ketones (excluding diaryl/α,β-unsaturated/α-hetero) is 1. The highest BCUT2D eigenvalue weighted by molar-refractivity contribution is 5.79. The molecule has 12 heteroatoms. The monoisotopic (exact) mass is 415 g/mol. The molecule has 1 N–H and O–H groups in total. The van der Waals surface area contributed by atoms with Gasteiger partial charge in [0.1, 0.15) is 5.78 Å². The van der Waals surface area contributed by atoms with Crippen molar-refractivity contribution in [3.8, 4) is 0 Å². The predicted molar refractivity (Wildman–Crippen MR) is 93.7 cm³/mol. The Morgan fingerprint density at radius 3 is 1.41 bits per heavy atom. The fourth-order valence-corrected chi connectivity index (χ4v) is 2.58. The van der Waals surface area contributed by atoms with Crippen molar-refractivity contribution in [1.29, 1.82) is 0 Å². The number of hydrogen-bond donors (Lipinski definition) is 1. The van der Waals surface area contributed by atoms with Crippen molar-refractivity contribution in [2.75, 3.05) is 65.4 Å². The number of carboxylic acid groups (broad SMARTS) is 3. The zero-order chi connectivity index (χ0) is 22.4. The number of ketones is 1. The summed E-state index contributed by atoms with van der Waals surface area (Å²) in [5.74, 6) is -4.79. The van der Waals surface area contributed by atoms with Crippen molar-refractivity contribution in [3.05, 3.63) is 0 Å². The van der Waals surface area contributed by atoms with E-state index >= 15 is 0 Å². The maximum atomic E-state index is 11.7. The van der Waals surface area contributed by atoms with Gasteiger partial charge in [0, 0.05) is 52.4 Å². The molecule has 0 aliphatic rings. The standard InChI is InChI=1S/C17H30N4O8/c1-3-18-14(23)9-21(12-17(28)29)7-5-19(10-15(24)25)4-6-20(8-13(2)22)11-16(26)27/h3-12H2,1-2H3,(H,18,23)(H,24,25)(H,26,27)(H,28,29)/p-3. The zero-order valence-electron chi connectivity index (χ0n) is 16.7. The number of nitrogens with zero attached hydrogens (tertiary/aromatic N) is 3.